The minimum absolute atomic E-state index is 0.0450. The first kappa shape index (κ1) is 14.2. The Labute approximate surface area is 112 Å². The van der Waals surface area contributed by atoms with Gasteiger partial charge in [0, 0.05) is 17.4 Å². The van der Waals surface area contributed by atoms with Gasteiger partial charge in [0.2, 0.25) is 0 Å². The summed E-state index contributed by atoms with van der Waals surface area (Å²) in [7, 11) is 0. The van der Waals surface area contributed by atoms with E-state index in [0.29, 0.717) is 6.42 Å². The van der Waals surface area contributed by atoms with Crippen LogP contribution in [0.3, 0.4) is 0 Å². The van der Waals surface area contributed by atoms with Gasteiger partial charge in [0.1, 0.15) is 11.4 Å². The Hall–Kier alpha value is -2.18. The average molecular weight is 287 g/mol. The quantitative estimate of drug-likeness (QED) is 0.908. The Morgan fingerprint density at radius 2 is 2.00 bits per heavy atom. The van der Waals surface area contributed by atoms with E-state index in [-0.39, 0.29) is 23.2 Å². The first-order valence-corrected chi connectivity index (χ1v) is 5.93. The van der Waals surface area contributed by atoms with E-state index in [9.17, 15) is 23.1 Å². The SMILES string of the molecule is CCCn1c(C(F)(F)F)c(C(=O)O)c2cc(O)ccc21. The number of aromatic hydroxyl groups is 1. The monoisotopic (exact) mass is 287 g/mol. The minimum atomic E-state index is -4.78. The lowest BCUT2D eigenvalue weighted by Crippen LogP contribution is -2.17. The van der Waals surface area contributed by atoms with E-state index in [0.717, 1.165) is 10.6 Å². The molecule has 0 aliphatic rings. The largest absolute Gasteiger partial charge is 0.508 e. The van der Waals surface area contributed by atoms with Crippen LogP contribution in [0.25, 0.3) is 10.9 Å². The normalized spacial score (nSPS) is 12.0. The summed E-state index contributed by atoms with van der Waals surface area (Å²) in [6.07, 6.45) is -4.36. The van der Waals surface area contributed by atoms with Crippen LogP contribution in [-0.2, 0) is 12.7 Å². The van der Waals surface area contributed by atoms with Crippen molar-refractivity contribution in [3.63, 3.8) is 0 Å². The van der Waals surface area contributed by atoms with Crippen molar-refractivity contribution in [2.24, 2.45) is 0 Å². The van der Waals surface area contributed by atoms with Crippen molar-refractivity contribution in [2.45, 2.75) is 26.1 Å². The predicted molar refractivity (Wildman–Crippen MR) is 65.9 cm³/mol. The van der Waals surface area contributed by atoms with E-state index in [1.165, 1.54) is 12.1 Å². The number of phenols is 1. The number of carboxylic acid groups (broad SMARTS) is 1. The van der Waals surface area contributed by atoms with Crippen molar-refractivity contribution in [3.05, 3.63) is 29.5 Å². The summed E-state index contributed by atoms with van der Waals surface area (Å²) in [5.41, 5.74) is -1.86. The third kappa shape index (κ3) is 2.19. The molecule has 0 amide bonds. The third-order valence-electron chi connectivity index (χ3n) is 2.98. The van der Waals surface area contributed by atoms with Crippen molar-refractivity contribution in [1.29, 1.82) is 0 Å². The first-order chi connectivity index (χ1) is 9.27. The summed E-state index contributed by atoms with van der Waals surface area (Å²) in [4.78, 5) is 11.2. The fourth-order valence-corrected chi connectivity index (χ4v) is 2.31. The number of alkyl halides is 3. The molecule has 0 bridgehead atoms. The van der Waals surface area contributed by atoms with Crippen LogP contribution < -0.4 is 0 Å². The molecule has 1 heterocycles. The zero-order valence-electron chi connectivity index (χ0n) is 10.5. The molecule has 2 rings (SSSR count). The van der Waals surface area contributed by atoms with Crippen LogP contribution in [0.2, 0.25) is 0 Å². The number of rotatable bonds is 3. The minimum Gasteiger partial charge on any atom is -0.508 e. The molecule has 0 fully saturated rings. The molecule has 108 valence electrons. The second kappa shape index (κ2) is 4.73. The van der Waals surface area contributed by atoms with Gasteiger partial charge in [0.05, 0.1) is 5.56 Å². The summed E-state index contributed by atoms with van der Waals surface area (Å²) in [5, 5.41) is 18.4. The molecule has 0 saturated heterocycles. The first-order valence-electron chi connectivity index (χ1n) is 5.93. The molecule has 1 aromatic carbocycles. The summed E-state index contributed by atoms with van der Waals surface area (Å²) in [6, 6.07) is 3.57. The van der Waals surface area contributed by atoms with Crippen molar-refractivity contribution >= 4 is 16.9 Å². The second-order valence-electron chi connectivity index (χ2n) is 4.38. The zero-order valence-corrected chi connectivity index (χ0v) is 10.5. The van der Waals surface area contributed by atoms with Crippen LogP contribution >= 0.6 is 0 Å². The van der Waals surface area contributed by atoms with Crippen molar-refractivity contribution in [3.8, 4) is 5.75 Å². The lowest BCUT2D eigenvalue weighted by molar-refractivity contribution is -0.143. The van der Waals surface area contributed by atoms with Gasteiger partial charge in [-0.05, 0) is 24.6 Å². The molecule has 0 saturated carbocycles. The van der Waals surface area contributed by atoms with Gasteiger partial charge < -0.3 is 14.8 Å². The van der Waals surface area contributed by atoms with Crippen LogP contribution in [0.5, 0.6) is 5.75 Å². The fourth-order valence-electron chi connectivity index (χ4n) is 2.31. The number of carbonyl (C=O) groups is 1. The van der Waals surface area contributed by atoms with Gasteiger partial charge in [0.25, 0.3) is 0 Å². The fraction of sp³-hybridized carbons (Fsp3) is 0.308. The molecule has 0 radical (unpaired) electrons. The highest BCUT2D eigenvalue weighted by Crippen LogP contribution is 2.39. The molecule has 20 heavy (non-hydrogen) atoms. The van der Waals surface area contributed by atoms with E-state index in [2.05, 4.69) is 0 Å². The maximum absolute atomic E-state index is 13.2. The number of aromatic carboxylic acids is 1. The highest BCUT2D eigenvalue weighted by atomic mass is 19.4. The third-order valence-corrected chi connectivity index (χ3v) is 2.98. The van der Waals surface area contributed by atoms with E-state index in [1.54, 1.807) is 6.92 Å². The summed E-state index contributed by atoms with van der Waals surface area (Å²) in [5.74, 6) is -1.94. The number of carboxylic acids is 1. The Kier molecular flexibility index (Phi) is 3.37. The summed E-state index contributed by atoms with van der Waals surface area (Å²) in [6.45, 7) is 1.75. The predicted octanol–water partition coefficient (Wildman–Crippen LogP) is 3.47. The Morgan fingerprint density at radius 1 is 1.35 bits per heavy atom. The summed E-state index contributed by atoms with van der Waals surface area (Å²) >= 11 is 0. The van der Waals surface area contributed by atoms with Crippen molar-refractivity contribution in [1.82, 2.24) is 4.57 Å². The number of phenolic OH excluding ortho intramolecular Hbond substituents is 1. The second-order valence-corrected chi connectivity index (χ2v) is 4.38. The van der Waals surface area contributed by atoms with Crippen molar-refractivity contribution in [2.75, 3.05) is 0 Å². The van der Waals surface area contributed by atoms with Crippen LogP contribution in [0.1, 0.15) is 29.4 Å². The topological polar surface area (TPSA) is 62.5 Å². The Bertz CT molecular complexity index is 674. The summed E-state index contributed by atoms with van der Waals surface area (Å²) < 4.78 is 40.5. The number of fused-ring (bicyclic) bond motifs is 1. The van der Waals surface area contributed by atoms with Gasteiger partial charge in [0.15, 0.2) is 0 Å². The Balaban J connectivity index is 2.95. The van der Waals surface area contributed by atoms with Gasteiger partial charge in [-0.2, -0.15) is 13.2 Å². The molecule has 7 heteroatoms. The van der Waals surface area contributed by atoms with E-state index in [1.807, 2.05) is 0 Å². The molecule has 0 atom stereocenters. The lowest BCUT2D eigenvalue weighted by atomic mass is 10.1. The molecule has 1 aromatic heterocycles. The molecule has 0 spiro atoms. The smallest absolute Gasteiger partial charge is 0.432 e. The number of nitrogens with zero attached hydrogens (tertiary/aromatic N) is 1. The van der Waals surface area contributed by atoms with Crippen LogP contribution in [0.4, 0.5) is 13.2 Å². The Morgan fingerprint density at radius 3 is 2.50 bits per heavy atom. The maximum Gasteiger partial charge on any atom is 0.432 e. The van der Waals surface area contributed by atoms with Gasteiger partial charge in [-0.3, -0.25) is 0 Å². The molecule has 0 aliphatic heterocycles. The zero-order chi connectivity index (χ0) is 15.1. The molecular weight excluding hydrogens is 275 g/mol. The standard InChI is InChI=1S/C13H12F3NO3/c1-2-5-17-9-4-3-7(18)6-8(9)10(12(19)20)11(17)13(14,15)16/h3-4,6,18H,2,5H2,1H3,(H,19,20). The molecule has 0 unspecified atom stereocenters. The molecule has 0 aliphatic carbocycles. The van der Waals surface area contributed by atoms with Crippen LogP contribution in [0, 0.1) is 0 Å². The number of hydrogen-bond acceptors (Lipinski definition) is 2. The number of aromatic nitrogens is 1. The maximum atomic E-state index is 13.2. The average Bonchev–Trinajstić information content (AvgIpc) is 2.63. The van der Waals surface area contributed by atoms with E-state index in [4.69, 9.17) is 5.11 Å². The number of halogens is 3. The molecular formula is C13H12F3NO3. The van der Waals surface area contributed by atoms with Crippen LogP contribution in [-0.4, -0.2) is 20.7 Å². The van der Waals surface area contributed by atoms with Gasteiger partial charge >= 0.3 is 12.1 Å². The molecule has 2 N–H and O–H groups in total. The van der Waals surface area contributed by atoms with Gasteiger partial charge in [-0.25, -0.2) is 4.79 Å². The van der Waals surface area contributed by atoms with Gasteiger partial charge in [-0.15, -0.1) is 0 Å². The number of hydrogen-bond donors (Lipinski definition) is 2. The number of benzene rings is 1. The van der Waals surface area contributed by atoms with Crippen molar-refractivity contribution < 1.29 is 28.2 Å². The van der Waals surface area contributed by atoms with E-state index < -0.39 is 23.4 Å². The lowest BCUT2D eigenvalue weighted by Gasteiger charge is -2.13. The number of aryl methyl sites for hydroxylation is 1. The molecule has 2 aromatic rings. The highest BCUT2D eigenvalue weighted by Gasteiger charge is 2.41. The molecule has 4 nitrogen and oxygen atoms in total. The van der Waals surface area contributed by atoms with Gasteiger partial charge in [-0.1, -0.05) is 6.92 Å². The van der Waals surface area contributed by atoms with Crippen LogP contribution in [0.15, 0.2) is 18.2 Å². The van der Waals surface area contributed by atoms with E-state index >= 15 is 0 Å². The highest BCUT2D eigenvalue weighted by molar-refractivity contribution is 6.05.